The van der Waals surface area contributed by atoms with E-state index in [2.05, 4.69) is 11.1 Å². The van der Waals surface area contributed by atoms with Crippen molar-refractivity contribution in [2.75, 3.05) is 18.1 Å². The highest BCUT2D eigenvalue weighted by Crippen LogP contribution is 2.45. The molecule has 4 aliphatic rings. The molecule has 36 heavy (non-hydrogen) atoms. The molecular formula is C28H30ClN5O2. The van der Waals surface area contributed by atoms with Crippen LogP contribution in [-0.2, 0) is 6.42 Å². The van der Waals surface area contributed by atoms with Crippen LogP contribution in [0.15, 0.2) is 35.4 Å². The van der Waals surface area contributed by atoms with E-state index in [-0.39, 0.29) is 18.1 Å². The van der Waals surface area contributed by atoms with E-state index in [1.807, 2.05) is 24.3 Å². The lowest BCUT2D eigenvalue weighted by molar-refractivity contribution is 0.0541. The normalized spacial score (nSPS) is 24.3. The zero-order valence-electron chi connectivity index (χ0n) is 20.2. The minimum Gasteiger partial charge on any atom is -0.393 e. The van der Waals surface area contributed by atoms with Gasteiger partial charge in [0.05, 0.1) is 39.8 Å². The van der Waals surface area contributed by atoms with Crippen molar-refractivity contribution in [3.05, 3.63) is 57.9 Å². The highest BCUT2D eigenvalue weighted by atomic mass is 35.5. The average Bonchev–Trinajstić information content (AvgIpc) is 3.56. The number of hydrazone groups is 1. The zero-order chi connectivity index (χ0) is 24.8. The predicted molar refractivity (Wildman–Crippen MR) is 138 cm³/mol. The monoisotopic (exact) mass is 503 g/mol. The van der Waals surface area contributed by atoms with Gasteiger partial charge in [-0.25, -0.2) is 4.98 Å². The molecule has 1 aromatic carbocycles. The highest BCUT2D eigenvalue weighted by molar-refractivity contribution is 6.32. The van der Waals surface area contributed by atoms with E-state index < -0.39 is 0 Å². The molecule has 1 saturated carbocycles. The molecule has 0 unspecified atom stereocenters. The van der Waals surface area contributed by atoms with Crippen LogP contribution in [-0.4, -0.2) is 51.8 Å². The van der Waals surface area contributed by atoms with Gasteiger partial charge in [-0.3, -0.25) is 9.80 Å². The van der Waals surface area contributed by atoms with Crippen molar-refractivity contribution in [2.24, 2.45) is 16.9 Å². The number of anilines is 1. The van der Waals surface area contributed by atoms with Crippen molar-refractivity contribution in [3.63, 3.8) is 0 Å². The number of pyridine rings is 1. The maximum atomic E-state index is 13.1. The summed E-state index contributed by atoms with van der Waals surface area (Å²) >= 11 is 6.41. The fraction of sp³-hybridized carbons (Fsp3) is 0.500. The molecule has 1 aromatic heterocycles. The van der Waals surface area contributed by atoms with Gasteiger partial charge in [0.15, 0.2) is 0 Å². The van der Waals surface area contributed by atoms with E-state index in [1.54, 1.807) is 11.0 Å². The number of aryl methyl sites for hydroxylation is 1. The lowest BCUT2D eigenvalue weighted by atomic mass is 9.76. The Morgan fingerprint density at radius 1 is 1.08 bits per heavy atom. The number of likely N-dealkylation sites (tertiary alicyclic amines) is 1. The van der Waals surface area contributed by atoms with Gasteiger partial charge in [-0.1, -0.05) is 24.4 Å². The SMILES string of the molecule is N#Cc1ccc(N2N=C3c4ccc(C(=O)N5CCC(O)CC5)nc4CC[C@@H]3[C@H]2C2CCCC2)cc1Cl. The van der Waals surface area contributed by atoms with Gasteiger partial charge in [-0.2, -0.15) is 10.4 Å². The van der Waals surface area contributed by atoms with Gasteiger partial charge < -0.3 is 10.0 Å². The molecule has 8 heteroatoms. The largest absolute Gasteiger partial charge is 0.393 e. The van der Waals surface area contributed by atoms with Gasteiger partial charge >= 0.3 is 0 Å². The number of hydrogen-bond acceptors (Lipinski definition) is 6. The third-order valence-corrected chi connectivity index (χ3v) is 8.71. The van der Waals surface area contributed by atoms with Crippen LogP contribution in [0.2, 0.25) is 5.02 Å². The number of nitrogens with zero attached hydrogens (tertiary/aromatic N) is 5. The van der Waals surface area contributed by atoms with Crippen LogP contribution in [0.1, 0.15) is 72.3 Å². The topological polar surface area (TPSA) is 92.8 Å². The van der Waals surface area contributed by atoms with Gasteiger partial charge in [-0.05, 0) is 74.8 Å². The molecule has 7 nitrogen and oxygen atoms in total. The van der Waals surface area contributed by atoms with E-state index >= 15 is 0 Å². The van der Waals surface area contributed by atoms with E-state index in [9.17, 15) is 15.2 Å². The van der Waals surface area contributed by atoms with E-state index in [1.165, 1.54) is 25.7 Å². The number of amides is 1. The summed E-state index contributed by atoms with van der Waals surface area (Å²) in [7, 11) is 0. The molecular weight excluding hydrogens is 474 g/mol. The molecule has 1 N–H and O–H groups in total. The van der Waals surface area contributed by atoms with Crippen molar-refractivity contribution in [1.29, 1.82) is 5.26 Å². The zero-order valence-corrected chi connectivity index (χ0v) is 21.0. The molecule has 3 heterocycles. The molecule has 2 fully saturated rings. The minimum absolute atomic E-state index is 0.0575. The number of carbonyl (C=O) groups excluding carboxylic acids is 1. The number of halogens is 1. The summed E-state index contributed by atoms with van der Waals surface area (Å²) in [5.74, 6) is 0.815. The number of hydrogen-bond donors (Lipinski definition) is 1. The fourth-order valence-corrected chi connectivity index (χ4v) is 6.73. The Labute approximate surface area is 216 Å². The number of benzene rings is 1. The molecule has 2 atom stereocenters. The summed E-state index contributed by atoms with van der Waals surface area (Å²) in [6.07, 6.45) is 7.61. The molecule has 2 aromatic rings. The second kappa shape index (κ2) is 9.49. The number of fused-ring (bicyclic) bond motifs is 3. The van der Waals surface area contributed by atoms with Crippen LogP contribution in [0.3, 0.4) is 0 Å². The van der Waals surface area contributed by atoms with Crippen LogP contribution in [0.25, 0.3) is 0 Å². The lowest BCUT2D eigenvalue weighted by Gasteiger charge is -2.34. The predicted octanol–water partition coefficient (Wildman–Crippen LogP) is 4.55. The van der Waals surface area contributed by atoms with Crippen molar-refractivity contribution < 1.29 is 9.90 Å². The third kappa shape index (κ3) is 4.07. The summed E-state index contributed by atoms with van der Waals surface area (Å²) in [5.41, 5.74) is 4.91. The molecule has 6 rings (SSSR count). The smallest absolute Gasteiger partial charge is 0.272 e. The van der Waals surface area contributed by atoms with Crippen LogP contribution < -0.4 is 5.01 Å². The average molecular weight is 504 g/mol. The van der Waals surface area contributed by atoms with Gasteiger partial charge in [0.25, 0.3) is 5.91 Å². The molecule has 2 aliphatic heterocycles. The van der Waals surface area contributed by atoms with E-state index in [4.69, 9.17) is 21.7 Å². The van der Waals surface area contributed by atoms with Gasteiger partial charge in [0.1, 0.15) is 11.8 Å². The minimum atomic E-state index is -0.315. The summed E-state index contributed by atoms with van der Waals surface area (Å²) in [6, 6.07) is 11.9. The molecule has 2 aliphatic carbocycles. The molecule has 0 bridgehead atoms. The number of piperidine rings is 1. The first-order valence-corrected chi connectivity index (χ1v) is 13.5. The number of rotatable bonds is 3. The van der Waals surface area contributed by atoms with Crippen LogP contribution >= 0.6 is 11.6 Å². The fourth-order valence-electron chi connectivity index (χ4n) is 6.51. The number of aromatic nitrogens is 1. The Balaban J connectivity index is 1.33. The molecule has 186 valence electrons. The number of nitriles is 1. The summed E-state index contributed by atoms with van der Waals surface area (Å²) in [6.45, 7) is 1.14. The Hall–Kier alpha value is -2.95. The highest BCUT2D eigenvalue weighted by Gasteiger charge is 2.46. The summed E-state index contributed by atoms with van der Waals surface area (Å²) < 4.78 is 0. The molecule has 0 radical (unpaired) electrons. The second-order valence-corrected chi connectivity index (χ2v) is 10.9. The van der Waals surface area contributed by atoms with Crippen LogP contribution in [0.4, 0.5) is 5.69 Å². The Morgan fingerprint density at radius 2 is 1.86 bits per heavy atom. The van der Waals surface area contributed by atoms with Crippen molar-refractivity contribution in [3.8, 4) is 6.07 Å². The first-order valence-electron chi connectivity index (χ1n) is 13.1. The maximum Gasteiger partial charge on any atom is 0.272 e. The van der Waals surface area contributed by atoms with Gasteiger partial charge in [-0.15, -0.1) is 0 Å². The quantitative estimate of drug-likeness (QED) is 0.663. The summed E-state index contributed by atoms with van der Waals surface area (Å²) in [5, 5.41) is 26.9. The number of carbonyl (C=O) groups is 1. The number of aliphatic hydroxyl groups excluding tert-OH is 1. The van der Waals surface area contributed by atoms with Crippen LogP contribution in [0, 0.1) is 23.2 Å². The van der Waals surface area contributed by atoms with E-state index in [0.29, 0.717) is 54.0 Å². The third-order valence-electron chi connectivity index (χ3n) is 8.39. The first kappa shape index (κ1) is 23.4. The molecule has 1 amide bonds. The Morgan fingerprint density at radius 3 is 2.58 bits per heavy atom. The van der Waals surface area contributed by atoms with Crippen LogP contribution in [0.5, 0.6) is 0 Å². The second-order valence-electron chi connectivity index (χ2n) is 10.5. The molecule has 0 spiro atoms. The Kier molecular flexibility index (Phi) is 6.18. The molecule has 1 saturated heterocycles. The van der Waals surface area contributed by atoms with Crippen molar-refractivity contribution in [2.45, 2.75) is 63.5 Å². The summed E-state index contributed by atoms with van der Waals surface area (Å²) in [4.78, 5) is 19.7. The van der Waals surface area contributed by atoms with Gasteiger partial charge in [0.2, 0.25) is 0 Å². The van der Waals surface area contributed by atoms with Crippen molar-refractivity contribution in [1.82, 2.24) is 9.88 Å². The lowest BCUT2D eigenvalue weighted by Crippen LogP contribution is -2.41. The number of aliphatic hydroxyl groups is 1. The van der Waals surface area contributed by atoms with Gasteiger partial charge in [0, 0.05) is 24.6 Å². The van der Waals surface area contributed by atoms with E-state index in [0.717, 1.165) is 35.5 Å². The van der Waals surface area contributed by atoms with Crippen molar-refractivity contribution >= 4 is 28.9 Å². The Bertz CT molecular complexity index is 1260. The standard InChI is InChI=1S/C28H30ClN5O2/c29-23-15-19(6-5-18(23)16-30)34-27(17-3-1-2-4-17)22-8-9-24-21(26(22)32-34)7-10-25(31-24)28(36)33-13-11-20(35)12-14-33/h5-7,10,15,17,20,22,27,35H,1-4,8-9,11-14H2/t22-,27+/m0/s1. The maximum absolute atomic E-state index is 13.1. The first-order chi connectivity index (χ1) is 17.5.